The molecule has 0 bridgehead atoms. The van der Waals surface area contributed by atoms with Crippen LogP contribution in [0.5, 0.6) is 0 Å². The Morgan fingerprint density at radius 3 is 2.50 bits per heavy atom. The van der Waals surface area contributed by atoms with Gasteiger partial charge in [-0.15, -0.1) is 0 Å². The molecule has 0 aromatic heterocycles. The third-order valence-electron chi connectivity index (χ3n) is 4.16. The highest BCUT2D eigenvalue weighted by atomic mass is 16.3. The van der Waals surface area contributed by atoms with Crippen LogP contribution in [0.1, 0.15) is 59.8 Å². The molecule has 2 N–H and O–H groups in total. The number of rotatable bonds is 4. The van der Waals surface area contributed by atoms with Gasteiger partial charge < -0.3 is 10.4 Å². The summed E-state index contributed by atoms with van der Waals surface area (Å²) in [5.74, 6) is 0.681. The normalized spacial score (nSPS) is 31.7. The monoisotopic (exact) mass is 227 g/mol. The molecule has 0 heterocycles. The lowest BCUT2D eigenvalue weighted by atomic mass is 9.61. The van der Waals surface area contributed by atoms with Crippen molar-refractivity contribution in [3.8, 4) is 0 Å². The number of hydrogen-bond acceptors (Lipinski definition) is 2. The van der Waals surface area contributed by atoms with E-state index in [-0.39, 0.29) is 5.54 Å². The van der Waals surface area contributed by atoms with E-state index in [1.165, 1.54) is 25.7 Å². The molecule has 96 valence electrons. The molecule has 1 fully saturated rings. The first-order valence-corrected chi connectivity index (χ1v) is 6.82. The molecule has 1 rings (SSSR count). The second-order valence-corrected chi connectivity index (χ2v) is 6.32. The standard InChI is InChI=1S/C14H29NO/c1-5-15-14(10-11-16)9-7-6-8-12(14)13(2,3)4/h12,15-16H,5-11H2,1-4H3. The Morgan fingerprint density at radius 1 is 1.31 bits per heavy atom. The lowest BCUT2D eigenvalue weighted by Crippen LogP contribution is -2.57. The van der Waals surface area contributed by atoms with E-state index < -0.39 is 0 Å². The van der Waals surface area contributed by atoms with Crippen LogP contribution in [0.15, 0.2) is 0 Å². The van der Waals surface area contributed by atoms with Gasteiger partial charge in [-0.25, -0.2) is 0 Å². The molecule has 0 aromatic carbocycles. The van der Waals surface area contributed by atoms with E-state index in [4.69, 9.17) is 0 Å². The molecule has 16 heavy (non-hydrogen) atoms. The second-order valence-electron chi connectivity index (χ2n) is 6.32. The first-order valence-electron chi connectivity index (χ1n) is 6.82. The fourth-order valence-electron chi connectivity index (χ4n) is 3.65. The molecule has 0 spiro atoms. The van der Waals surface area contributed by atoms with Gasteiger partial charge in [0.15, 0.2) is 0 Å². The van der Waals surface area contributed by atoms with Gasteiger partial charge in [-0.1, -0.05) is 40.5 Å². The first-order chi connectivity index (χ1) is 7.46. The van der Waals surface area contributed by atoms with Crippen molar-refractivity contribution in [2.75, 3.05) is 13.2 Å². The van der Waals surface area contributed by atoms with Gasteiger partial charge in [0, 0.05) is 12.1 Å². The third kappa shape index (κ3) is 2.98. The maximum atomic E-state index is 9.35. The maximum absolute atomic E-state index is 9.35. The fourth-order valence-corrected chi connectivity index (χ4v) is 3.65. The average molecular weight is 227 g/mol. The summed E-state index contributed by atoms with van der Waals surface area (Å²) < 4.78 is 0. The molecular weight excluding hydrogens is 198 g/mol. The second kappa shape index (κ2) is 5.50. The lowest BCUT2D eigenvalue weighted by Gasteiger charge is -2.50. The highest BCUT2D eigenvalue weighted by molar-refractivity contribution is 5.01. The van der Waals surface area contributed by atoms with Crippen LogP contribution in [-0.4, -0.2) is 23.8 Å². The van der Waals surface area contributed by atoms with Gasteiger partial charge in [0.05, 0.1) is 0 Å². The van der Waals surface area contributed by atoms with Crippen molar-refractivity contribution in [3.05, 3.63) is 0 Å². The van der Waals surface area contributed by atoms with Crippen LogP contribution < -0.4 is 5.32 Å². The molecular formula is C14H29NO. The quantitative estimate of drug-likeness (QED) is 0.774. The van der Waals surface area contributed by atoms with Crippen LogP contribution in [0, 0.1) is 11.3 Å². The van der Waals surface area contributed by atoms with Crippen molar-refractivity contribution in [1.29, 1.82) is 0 Å². The average Bonchev–Trinajstić information content (AvgIpc) is 2.17. The minimum atomic E-state index is 0.181. The van der Waals surface area contributed by atoms with Crippen LogP contribution in [0.25, 0.3) is 0 Å². The van der Waals surface area contributed by atoms with Crippen LogP contribution >= 0.6 is 0 Å². The summed E-state index contributed by atoms with van der Waals surface area (Å²) >= 11 is 0. The van der Waals surface area contributed by atoms with Crippen molar-refractivity contribution >= 4 is 0 Å². The molecule has 1 saturated carbocycles. The summed E-state index contributed by atoms with van der Waals surface area (Å²) in [5, 5.41) is 13.0. The van der Waals surface area contributed by atoms with Gasteiger partial charge >= 0.3 is 0 Å². The van der Waals surface area contributed by atoms with Crippen LogP contribution in [-0.2, 0) is 0 Å². The first kappa shape index (κ1) is 14.0. The fraction of sp³-hybridized carbons (Fsp3) is 1.00. The van der Waals surface area contributed by atoms with E-state index in [1.807, 2.05) is 0 Å². The molecule has 1 aliphatic carbocycles. The molecule has 0 aromatic rings. The maximum Gasteiger partial charge on any atom is 0.0448 e. The van der Waals surface area contributed by atoms with Crippen LogP contribution in [0.4, 0.5) is 0 Å². The van der Waals surface area contributed by atoms with Gasteiger partial charge in [0.2, 0.25) is 0 Å². The van der Waals surface area contributed by atoms with E-state index in [9.17, 15) is 5.11 Å². The molecule has 0 saturated heterocycles. The minimum absolute atomic E-state index is 0.181. The van der Waals surface area contributed by atoms with Crippen molar-refractivity contribution < 1.29 is 5.11 Å². The summed E-state index contributed by atoms with van der Waals surface area (Å²) in [7, 11) is 0. The summed E-state index contributed by atoms with van der Waals surface area (Å²) in [6.07, 6.45) is 6.09. The topological polar surface area (TPSA) is 32.3 Å². The highest BCUT2D eigenvalue weighted by Gasteiger charge is 2.44. The number of nitrogens with one attached hydrogen (secondary N) is 1. The molecule has 0 radical (unpaired) electrons. The Hall–Kier alpha value is -0.0800. The summed E-state index contributed by atoms with van der Waals surface area (Å²) in [6, 6.07) is 0. The van der Waals surface area contributed by atoms with E-state index >= 15 is 0 Å². The zero-order valence-corrected chi connectivity index (χ0v) is 11.5. The Labute approximate surface area is 101 Å². The summed E-state index contributed by atoms with van der Waals surface area (Å²) in [6.45, 7) is 10.5. The molecule has 0 amide bonds. The Kier molecular flexibility index (Phi) is 4.81. The van der Waals surface area contributed by atoms with E-state index in [2.05, 4.69) is 33.0 Å². The third-order valence-corrected chi connectivity index (χ3v) is 4.16. The smallest absolute Gasteiger partial charge is 0.0448 e. The molecule has 2 atom stereocenters. The van der Waals surface area contributed by atoms with E-state index in [0.29, 0.717) is 17.9 Å². The molecule has 2 nitrogen and oxygen atoms in total. The van der Waals surface area contributed by atoms with Gasteiger partial charge in [-0.2, -0.15) is 0 Å². The lowest BCUT2D eigenvalue weighted by molar-refractivity contribution is 0.0329. The summed E-state index contributed by atoms with van der Waals surface area (Å²) in [4.78, 5) is 0. The minimum Gasteiger partial charge on any atom is -0.396 e. The molecule has 2 heteroatoms. The van der Waals surface area contributed by atoms with E-state index in [0.717, 1.165) is 13.0 Å². The number of aliphatic hydroxyl groups excluding tert-OH is 1. The molecule has 1 aliphatic rings. The predicted octanol–water partition coefficient (Wildman–Crippen LogP) is 2.95. The van der Waals surface area contributed by atoms with Gasteiger partial charge in [-0.05, 0) is 37.1 Å². The van der Waals surface area contributed by atoms with Crippen molar-refractivity contribution in [1.82, 2.24) is 5.32 Å². The zero-order chi connectivity index (χ0) is 12.2. The molecule has 0 aliphatic heterocycles. The summed E-state index contributed by atoms with van der Waals surface area (Å²) in [5.41, 5.74) is 0.512. The largest absolute Gasteiger partial charge is 0.396 e. The Bertz CT molecular complexity index is 196. The zero-order valence-electron chi connectivity index (χ0n) is 11.5. The Morgan fingerprint density at radius 2 is 2.00 bits per heavy atom. The number of aliphatic hydroxyl groups is 1. The van der Waals surface area contributed by atoms with Gasteiger partial charge in [-0.3, -0.25) is 0 Å². The van der Waals surface area contributed by atoms with Crippen molar-refractivity contribution in [3.63, 3.8) is 0 Å². The van der Waals surface area contributed by atoms with E-state index in [1.54, 1.807) is 0 Å². The van der Waals surface area contributed by atoms with Gasteiger partial charge in [0.25, 0.3) is 0 Å². The Balaban J connectivity index is 2.90. The highest BCUT2D eigenvalue weighted by Crippen LogP contribution is 2.45. The number of hydrogen-bond donors (Lipinski definition) is 2. The van der Waals surface area contributed by atoms with Gasteiger partial charge in [0.1, 0.15) is 0 Å². The van der Waals surface area contributed by atoms with Crippen LogP contribution in [0.2, 0.25) is 0 Å². The predicted molar refractivity (Wildman–Crippen MR) is 69.5 cm³/mol. The van der Waals surface area contributed by atoms with Crippen LogP contribution in [0.3, 0.4) is 0 Å². The van der Waals surface area contributed by atoms with Crippen molar-refractivity contribution in [2.24, 2.45) is 11.3 Å². The molecule has 2 unspecified atom stereocenters. The van der Waals surface area contributed by atoms with Crippen molar-refractivity contribution in [2.45, 2.75) is 65.3 Å². The SMILES string of the molecule is CCNC1(CCO)CCCCC1C(C)(C)C.